The Morgan fingerprint density at radius 1 is 1.37 bits per heavy atom. The van der Waals surface area contributed by atoms with Crippen molar-refractivity contribution in [1.29, 1.82) is 0 Å². The number of carbonyl (C=O) groups is 1. The van der Waals surface area contributed by atoms with Gasteiger partial charge in [-0.15, -0.1) is 0 Å². The van der Waals surface area contributed by atoms with E-state index < -0.39 is 29.4 Å². The van der Waals surface area contributed by atoms with Crippen molar-refractivity contribution in [2.24, 2.45) is 0 Å². The highest BCUT2D eigenvalue weighted by molar-refractivity contribution is 5.73. The Bertz CT molecular complexity index is 418. The summed E-state index contributed by atoms with van der Waals surface area (Å²) in [7, 11) is 0. The van der Waals surface area contributed by atoms with Crippen LogP contribution in [-0.4, -0.2) is 29.8 Å². The zero-order valence-electron chi connectivity index (χ0n) is 10.8. The van der Waals surface area contributed by atoms with Gasteiger partial charge in [-0.05, 0) is 12.1 Å². The standard InChI is InChI=1S/C13H17F2NO3/c1-8(2)16-11(13(17)18)6-7-19-12-9(14)4-3-5-10(12)15/h3-5,8,11,16H,6-7H2,1-2H3,(H,17,18). The molecule has 0 aromatic heterocycles. The lowest BCUT2D eigenvalue weighted by molar-refractivity contribution is -0.140. The first-order valence-corrected chi connectivity index (χ1v) is 5.97. The average Bonchev–Trinajstić information content (AvgIpc) is 2.30. The van der Waals surface area contributed by atoms with Crippen molar-refractivity contribution in [3.05, 3.63) is 29.8 Å². The predicted octanol–water partition coefficient (Wildman–Crippen LogP) is 2.18. The van der Waals surface area contributed by atoms with Gasteiger partial charge in [-0.1, -0.05) is 19.9 Å². The number of halogens is 2. The molecule has 0 saturated heterocycles. The molecule has 4 nitrogen and oxygen atoms in total. The zero-order chi connectivity index (χ0) is 14.4. The van der Waals surface area contributed by atoms with E-state index in [0.717, 1.165) is 12.1 Å². The quantitative estimate of drug-likeness (QED) is 0.799. The summed E-state index contributed by atoms with van der Waals surface area (Å²) >= 11 is 0. The van der Waals surface area contributed by atoms with Crippen molar-refractivity contribution in [2.45, 2.75) is 32.4 Å². The first-order valence-electron chi connectivity index (χ1n) is 5.97. The number of ether oxygens (including phenoxy) is 1. The number of nitrogens with one attached hydrogen (secondary N) is 1. The van der Waals surface area contributed by atoms with E-state index in [1.807, 2.05) is 13.8 Å². The van der Waals surface area contributed by atoms with Crippen LogP contribution in [0.15, 0.2) is 18.2 Å². The van der Waals surface area contributed by atoms with Crippen LogP contribution >= 0.6 is 0 Å². The molecule has 0 amide bonds. The Kier molecular flexibility index (Phi) is 5.69. The van der Waals surface area contributed by atoms with Gasteiger partial charge in [0.2, 0.25) is 0 Å². The van der Waals surface area contributed by atoms with E-state index in [4.69, 9.17) is 9.84 Å². The molecular formula is C13H17F2NO3. The van der Waals surface area contributed by atoms with Crippen LogP contribution in [0.1, 0.15) is 20.3 Å². The molecule has 6 heteroatoms. The van der Waals surface area contributed by atoms with Gasteiger partial charge >= 0.3 is 5.97 Å². The van der Waals surface area contributed by atoms with Crippen LogP contribution in [0.2, 0.25) is 0 Å². The summed E-state index contributed by atoms with van der Waals surface area (Å²) in [6.07, 6.45) is 0.112. The van der Waals surface area contributed by atoms with Crippen molar-refractivity contribution in [1.82, 2.24) is 5.32 Å². The van der Waals surface area contributed by atoms with Crippen molar-refractivity contribution in [3.8, 4) is 5.75 Å². The summed E-state index contributed by atoms with van der Waals surface area (Å²) in [4.78, 5) is 10.9. The Morgan fingerprint density at radius 2 is 1.95 bits per heavy atom. The van der Waals surface area contributed by atoms with Gasteiger partial charge in [-0.3, -0.25) is 4.79 Å². The molecule has 0 aliphatic rings. The number of aliphatic carboxylic acids is 1. The maximum atomic E-state index is 13.2. The molecular weight excluding hydrogens is 256 g/mol. The van der Waals surface area contributed by atoms with Crippen molar-refractivity contribution >= 4 is 5.97 Å². The molecule has 106 valence electrons. The predicted molar refractivity (Wildman–Crippen MR) is 66.2 cm³/mol. The highest BCUT2D eigenvalue weighted by atomic mass is 19.1. The lowest BCUT2D eigenvalue weighted by atomic mass is 10.2. The Hall–Kier alpha value is -1.69. The van der Waals surface area contributed by atoms with Gasteiger partial charge in [0.05, 0.1) is 6.61 Å². The summed E-state index contributed by atoms with van der Waals surface area (Å²) in [6, 6.07) is 2.58. The van der Waals surface area contributed by atoms with E-state index >= 15 is 0 Å². The second-order valence-corrected chi connectivity index (χ2v) is 4.40. The normalized spacial score (nSPS) is 12.5. The molecule has 0 saturated carbocycles. The van der Waals surface area contributed by atoms with Gasteiger partial charge in [0.25, 0.3) is 0 Å². The molecule has 0 spiro atoms. The van der Waals surface area contributed by atoms with Gasteiger partial charge < -0.3 is 15.2 Å². The van der Waals surface area contributed by atoms with Gasteiger partial charge in [-0.25, -0.2) is 8.78 Å². The van der Waals surface area contributed by atoms with E-state index in [1.165, 1.54) is 6.07 Å². The van der Waals surface area contributed by atoms with Gasteiger partial charge in [0.1, 0.15) is 6.04 Å². The number of rotatable bonds is 7. The van der Waals surface area contributed by atoms with E-state index in [2.05, 4.69) is 5.32 Å². The summed E-state index contributed by atoms with van der Waals surface area (Å²) in [5.41, 5.74) is 0. The fraction of sp³-hybridized carbons (Fsp3) is 0.462. The number of carboxylic acids is 1. The number of benzene rings is 1. The first-order chi connectivity index (χ1) is 8.91. The fourth-order valence-corrected chi connectivity index (χ4v) is 1.58. The van der Waals surface area contributed by atoms with Gasteiger partial charge in [0.15, 0.2) is 17.4 Å². The maximum Gasteiger partial charge on any atom is 0.320 e. The molecule has 1 atom stereocenters. The minimum absolute atomic E-state index is 0.00806. The highest BCUT2D eigenvalue weighted by Gasteiger charge is 2.18. The molecule has 1 rings (SSSR count). The zero-order valence-corrected chi connectivity index (χ0v) is 10.8. The lowest BCUT2D eigenvalue weighted by Gasteiger charge is -2.17. The van der Waals surface area contributed by atoms with Crippen LogP contribution in [-0.2, 0) is 4.79 Å². The number of para-hydroxylation sites is 1. The Morgan fingerprint density at radius 3 is 2.42 bits per heavy atom. The molecule has 1 aromatic rings. The highest BCUT2D eigenvalue weighted by Crippen LogP contribution is 2.20. The maximum absolute atomic E-state index is 13.2. The molecule has 2 N–H and O–H groups in total. The molecule has 0 fully saturated rings. The number of carboxylic acid groups (broad SMARTS) is 1. The Balaban J connectivity index is 2.54. The molecule has 0 bridgehead atoms. The average molecular weight is 273 g/mol. The van der Waals surface area contributed by atoms with Crippen LogP contribution in [0.5, 0.6) is 5.75 Å². The molecule has 0 aliphatic heterocycles. The third-order valence-corrected chi connectivity index (χ3v) is 2.40. The third-order valence-electron chi connectivity index (χ3n) is 2.40. The summed E-state index contributed by atoms with van der Waals surface area (Å²) in [5, 5.41) is 11.8. The molecule has 0 radical (unpaired) electrons. The summed E-state index contributed by atoms with van der Waals surface area (Å²) in [6.45, 7) is 3.54. The minimum atomic E-state index is -1.02. The van der Waals surface area contributed by atoms with Gasteiger partial charge in [-0.2, -0.15) is 0 Å². The second kappa shape index (κ2) is 7.04. The van der Waals surface area contributed by atoms with Crippen molar-refractivity contribution in [3.63, 3.8) is 0 Å². The summed E-state index contributed by atoms with van der Waals surface area (Å²) in [5.74, 6) is -3.10. The van der Waals surface area contributed by atoms with Crippen LogP contribution in [0, 0.1) is 11.6 Å². The smallest absolute Gasteiger partial charge is 0.320 e. The lowest BCUT2D eigenvalue weighted by Crippen LogP contribution is -2.41. The summed E-state index contributed by atoms with van der Waals surface area (Å²) < 4.78 is 31.5. The molecule has 0 aliphatic carbocycles. The SMILES string of the molecule is CC(C)NC(CCOc1c(F)cccc1F)C(=O)O. The van der Waals surface area contributed by atoms with Crippen molar-refractivity contribution < 1.29 is 23.4 Å². The topological polar surface area (TPSA) is 58.6 Å². The monoisotopic (exact) mass is 273 g/mol. The van der Waals surface area contributed by atoms with E-state index in [9.17, 15) is 13.6 Å². The second-order valence-electron chi connectivity index (χ2n) is 4.40. The molecule has 1 unspecified atom stereocenters. The third kappa shape index (κ3) is 4.82. The van der Waals surface area contributed by atoms with E-state index in [-0.39, 0.29) is 19.1 Å². The first kappa shape index (κ1) is 15.4. The fourth-order valence-electron chi connectivity index (χ4n) is 1.58. The van der Waals surface area contributed by atoms with Crippen LogP contribution in [0.4, 0.5) is 8.78 Å². The largest absolute Gasteiger partial charge is 0.488 e. The number of hydrogen-bond acceptors (Lipinski definition) is 3. The molecule has 1 aromatic carbocycles. The minimum Gasteiger partial charge on any atom is -0.488 e. The van der Waals surface area contributed by atoms with Crippen LogP contribution in [0.25, 0.3) is 0 Å². The Labute approximate surface area is 110 Å². The number of hydrogen-bond donors (Lipinski definition) is 2. The van der Waals surface area contributed by atoms with Crippen molar-refractivity contribution in [2.75, 3.05) is 6.61 Å². The van der Waals surface area contributed by atoms with Gasteiger partial charge in [0, 0.05) is 12.5 Å². The van der Waals surface area contributed by atoms with Crippen LogP contribution in [0.3, 0.4) is 0 Å². The molecule has 0 heterocycles. The molecule has 19 heavy (non-hydrogen) atoms. The van der Waals surface area contributed by atoms with Crippen LogP contribution < -0.4 is 10.1 Å². The van der Waals surface area contributed by atoms with E-state index in [0.29, 0.717) is 0 Å². The van der Waals surface area contributed by atoms with E-state index in [1.54, 1.807) is 0 Å².